The number of fused-ring (bicyclic) bond motifs is 4. The van der Waals surface area contributed by atoms with Crippen LogP contribution in [0.4, 0.5) is 0 Å². The minimum Gasteiger partial charge on any atom is -0.482 e. The molecular formula is C26H22O4. The third-order valence-corrected chi connectivity index (χ3v) is 5.91. The van der Waals surface area contributed by atoms with E-state index in [2.05, 4.69) is 18.2 Å². The third kappa shape index (κ3) is 3.61. The summed E-state index contributed by atoms with van der Waals surface area (Å²) in [7, 11) is 0. The molecule has 0 heterocycles. The molecule has 0 spiro atoms. The van der Waals surface area contributed by atoms with Crippen molar-refractivity contribution in [2.45, 2.75) is 25.7 Å². The standard InChI is InChI=1S/C26H22O4/c27-25(21-9-8-20-12-19-4-1-2-7-23(19)24(20)14-21)15-30-26(28)16-29-22-11-10-17-5-3-6-18(17)13-22/h1-2,4,7-11,13-14H,3,5-6,12,15-16H2. The van der Waals surface area contributed by atoms with E-state index >= 15 is 0 Å². The van der Waals surface area contributed by atoms with Crippen molar-refractivity contribution in [2.24, 2.45) is 0 Å². The van der Waals surface area contributed by atoms with Gasteiger partial charge in [0.05, 0.1) is 0 Å². The van der Waals surface area contributed by atoms with Crippen LogP contribution in [0.3, 0.4) is 0 Å². The Kier molecular flexibility index (Phi) is 4.83. The summed E-state index contributed by atoms with van der Waals surface area (Å²) in [5, 5.41) is 0. The molecule has 30 heavy (non-hydrogen) atoms. The van der Waals surface area contributed by atoms with E-state index in [9.17, 15) is 9.59 Å². The molecule has 150 valence electrons. The Labute approximate surface area is 175 Å². The molecule has 0 aromatic heterocycles. The largest absolute Gasteiger partial charge is 0.482 e. The summed E-state index contributed by atoms with van der Waals surface area (Å²) in [5.41, 5.74) is 7.93. The number of carbonyl (C=O) groups is 2. The number of aryl methyl sites for hydroxylation is 2. The lowest BCUT2D eigenvalue weighted by molar-refractivity contribution is -0.144. The van der Waals surface area contributed by atoms with Gasteiger partial charge in [0.1, 0.15) is 5.75 Å². The van der Waals surface area contributed by atoms with Crippen molar-refractivity contribution < 1.29 is 19.1 Å². The molecule has 0 radical (unpaired) electrons. The summed E-state index contributed by atoms with van der Waals surface area (Å²) in [6.07, 6.45) is 4.21. The zero-order valence-corrected chi connectivity index (χ0v) is 16.6. The third-order valence-electron chi connectivity index (χ3n) is 5.91. The maximum Gasteiger partial charge on any atom is 0.344 e. The highest BCUT2D eigenvalue weighted by atomic mass is 16.6. The van der Waals surface area contributed by atoms with E-state index in [4.69, 9.17) is 9.47 Å². The second-order valence-electron chi connectivity index (χ2n) is 7.86. The molecule has 0 bridgehead atoms. The monoisotopic (exact) mass is 398 g/mol. The molecule has 0 aliphatic heterocycles. The number of carbonyl (C=O) groups excluding carboxylic acids is 2. The Morgan fingerprint density at radius 2 is 1.57 bits per heavy atom. The number of rotatable bonds is 6. The summed E-state index contributed by atoms with van der Waals surface area (Å²) < 4.78 is 10.7. The average molecular weight is 398 g/mol. The van der Waals surface area contributed by atoms with Gasteiger partial charge in [0.2, 0.25) is 0 Å². The minimum atomic E-state index is -0.546. The molecular weight excluding hydrogens is 376 g/mol. The zero-order valence-electron chi connectivity index (χ0n) is 16.6. The van der Waals surface area contributed by atoms with Gasteiger partial charge in [-0.2, -0.15) is 0 Å². The molecule has 2 aliphatic rings. The molecule has 4 nitrogen and oxygen atoms in total. The van der Waals surface area contributed by atoms with Crippen molar-refractivity contribution in [3.63, 3.8) is 0 Å². The molecule has 0 amide bonds. The van der Waals surface area contributed by atoms with Crippen molar-refractivity contribution in [2.75, 3.05) is 13.2 Å². The quantitative estimate of drug-likeness (QED) is 0.353. The van der Waals surface area contributed by atoms with Gasteiger partial charge in [0.25, 0.3) is 0 Å². The van der Waals surface area contributed by atoms with Crippen LogP contribution in [0.15, 0.2) is 60.7 Å². The molecule has 0 fully saturated rings. The van der Waals surface area contributed by atoms with Crippen molar-refractivity contribution in [1.29, 1.82) is 0 Å². The van der Waals surface area contributed by atoms with Crippen molar-refractivity contribution in [1.82, 2.24) is 0 Å². The predicted octanol–water partition coefficient (Wildman–Crippen LogP) is 4.55. The van der Waals surface area contributed by atoms with Crippen LogP contribution in [0.1, 0.15) is 39.0 Å². The van der Waals surface area contributed by atoms with Crippen LogP contribution in [0.2, 0.25) is 0 Å². The number of ether oxygens (including phenoxy) is 2. The van der Waals surface area contributed by atoms with E-state index in [0.29, 0.717) is 11.3 Å². The van der Waals surface area contributed by atoms with Gasteiger partial charge < -0.3 is 9.47 Å². The number of benzene rings is 3. The van der Waals surface area contributed by atoms with Gasteiger partial charge in [-0.15, -0.1) is 0 Å². The fraction of sp³-hybridized carbons (Fsp3) is 0.231. The normalized spacial score (nSPS) is 13.3. The van der Waals surface area contributed by atoms with E-state index < -0.39 is 5.97 Å². The molecule has 2 aliphatic carbocycles. The van der Waals surface area contributed by atoms with Crippen molar-refractivity contribution in [3.8, 4) is 16.9 Å². The second-order valence-corrected chi connectivity index (χ2v) is 7.86. The SMILES string of the molecule is O=C(COc1ccc2c(c1)CCC2)OCC(=O)c1ccc2c(c1)-c1ccccc1C2. The first kappa shape index (κ1) is 18.6. The maximum absolute atomic E-state index is 12.5. The molecule has 4 heteroatoms. The fourth-order valence-corrected chi connectivity index (χ4v) is 4.35. The first-order valence-corrected chi connectivity index (χ1v) is 10.3. The minimum absolute atomic E-state index is 0.205. The van der Waals surface area contributed by atoms with Crippen molar-refractivity contribution >= 4 is 11.8 Å². The van der Waals surface area contributed by atoms with Gasteiger partial charge in [-0.3, -0.25) is 4.79 Å². The molecule has 0 saturated heterocycles. The highest BCUT2D eigenvalue weighted by Crippen LogP contribution is 2.36. The van der Waals surface area contributed by atoms with E-state index in [1.54, 1.807) is 0 Å². The number of hydrogen-bond donors (Lipinski definition) is 0. The number of esters is 1. The summed E-state index contributed by atoms with van der Waals surface area (Å²) in [4.78, 5) is 24.6. The van der Waals surface area contributed by atoms with Crippen LogP contribution < -0.4 is 4.74 Å². The molecule has 3 aromatic rings. The second kappa shape index (κ2) is 7.79. The lowest BCUT2D eigenvalue weighted by Crippen LogP contribution is -2.19. The number of hydrogen-bond acceptors (Lipinski definition) is 4. The van der Waals surface area contributed by atoms with Crippen LogP contribution in [-0.2, 0) is 28.8 Å². The number of Topliss-reactive ketones (excluding diaryl/α,β-unsaturated/α-hetero) is 1. The van der Waals surface area contributed by atoms with Crippen LogP contribution in [-0.4, -0.2) is 25.0 Å². The smallest absolute Gasteiger partial charge is 0.344 e. The van der Waals surface area contributed by atoms with Gasteiger partial charge in [0, 0.05) is 5.56 Å². The van der Waals surface area contributed by atoms with Gasteiger partial charge in [-0.1, -0.05) is 42.5 Å². The van der Waals surface area contributed by atoms with E-state index in [0.717, 1.165) is 31.2 Å². The first-order chi connectivity index (χ1) is 14.7. The van der Waals surface area contributed by atoms with Crippen LogP contribution in [0.25, 0.3) is 11.1 Å². The average Bonchev–Trinajstić information content (AvgIpc) is 3.39. The Balaban J connectivity index is 1.17. The highest BCUT2D eigenvalue weighted by Gasteiger charge is 2.20. The molecule has 5 rings (SSSR count). The Morgan fingerprint density at radius 1 is 0.767 bits per heavy atom. The van der Waals surface area contributed by atoms with Crippen LogP contribution in [0.5, 0.6) is 5.75 Å². The number of ketones is 1. The molecule has 0 saturated carbocycles. The summed E-state index contributed by atoms with van der Waals surface area (Å²) in [5.74, 6) is -0.0976. The van der Waals surface area contributed by atoms with Crippen LogP contribution in [0, 0.1) is 0 Å². The predicted molar refractivity (Wildman–Crippen MR) is 114 cm³/mol. The molecule has 3 aromatic carbocycles. The van der Waals surface area contributed by atoms with E-state index in [-0.39, 0.29) is 19.0 Å². The Morgan fingerprint density at radius 3 is 2.50 bits per heavy atom. The topological polar surface area (TPSA) is 52.6 Å². The lowest BCUT2D eigenvalue weighted by Gasteiger charge is -2.09. The lowest BCUT2D eigenvalue weighted by atomic mass is 10.0. The molecule has 0 atom stereocenters. The van der Waals surface area contributed by atoms with E-state index in [1.165, 1.54) is 27.8 Å². The van der Waals surface area contributed by atoms with Gasteiger partial charge >= 0.3 is 5.97 Å². The summed E-state index contributed by atoms with van der Waals surface area (Å²) >= 11 is 0. The van der Waals surface area contributed by atoms with Gasteiger partial charge in [-0.25, -0.2) is 4.79 Å². The zero-order chi connectivity index (χ0) is 20.5. The van der Waals surface area contributed by atoms with Gasteiger partial charge in [0.15, 0.2) is 19.0 Å². The Bertz CT molecular complexity index is 1150. The van der Waals surface area contributed by atoms with Crippen LogP contribution >= 0.6 is 0 Å². The maximum atomic E-state index is 12.5. The Hall–Kier alpha value is -3.40. The fourth-order valence-electron chi connectivity index (χ4n) is 4.35. The first-order valence-electron chi connectivity index (χ1n) is 10.3. The summed E-state index contributed by atoms with van der Waals surface area (Å²) in [6, 6.07) is 19.8. The summed E-state index contributed by atoms with van der Waals surface area (Å²) in [6.45, 7) is -0.490. The van der Waals surface area contributed by atoms with Crippen molar-refractivity contribution in [3.05, 3.63) is 88.5 Å². The van der Waals surface area contributed by atoms with E-state index in [1.807, 2.05) is 42.5 Å². The van der Waals surface area contributed by atoms with Gasteiger partial charge in [-0.05, 0) is 77.3 Å². The molecule has 0 unspecified atom stereocenters. The molecule has 0 N–H and O–H groups in total. The highest BCUT2D eigenvalue weighted by molar-refractivity contribution is 5.99.